The van der Waals surface area contributed by atoms with Crippen LogP contribution < -0.4 is 5.32 Å². The van der Waals surface area contributed by atoms with Crippen LogP contribution in [-0.4, -0.2) is 32.9 Å². The number of carbonyl (C=O) groups excluding carboxylic acids is 1. The Hall–Kier alpha value is -2.44. The third kappa shape index (κ3) is 2.62. The Balaban J connectivity index is 2.24. The van der Waals surface area contributed by atoms with Gasteiger partial charge in [0.2, 0.25) is 0 Å². The summed E-state index contributed by atoms with van der Waals surface area (Å²) in [4.78, 5) is 11.3. The number of tetrazole rings is 1. The molecule has 1 N–H and O–H groups in total. The van der Waals surface area contributed by atoms with Gasteiger partial charge in [-0.25, -0.2) is 9.48 Å². The van der Waals surface area contributed by atoms with Gasteiger partial charge in [-0.15, -0.1) is 5.10 Å². The SMILES string of the molecule is CCOC(=O)Nc1ccc(C)c(-n2cnnn2)c1. The molecule has 2 rings (SSSR count). The van der Waals surface area contributed by atoms with Crippen LogP contribution in [0.25, 0.3) is 5.69 Å². The average Bonchev–Trinajstić information content (AvgIpc) is 2.85. The van der Waals surface area contributed by atoms with E-state index in [1.165, 1.54) is 11.0 Å². The summed E-state index contributed by atoms with van der Waals surface area (Å²) >= 11 is 0. The largest absolute Gasteiger partial charge is 0.450 e. The summed E-state index contributed by atoms with van der Waals surface area (Å²) < 4.78 is 6.34. The molecular formula is C11H13N5O2. The Labute approximate surface area is 104 Å². The number of anilines is 1. The number of aromatic nitrogens is 4. The van der Waals surface area contributed by atoms with E-state index in [9.17, 15) is 4.79 Å². The zero-order valence-electron chi connectivity index (χ0n) is 10.1. The standard InChI is InChI=1S/C11H13N5O2/c1-3-18-11(17)13-9-5-4-8(2)10(6-9)16-7-12-14-15-16/h4-7H,3H2,1-2H3,(H,13,17). The molecule has 2 aromatic rings. The van der Waals surface area contributed by atoms with E-state index in [2.05, 4.69) is 20.8 Å². The van der Waals surface area contributed by atoms with E-state index >= 15 is 0 Å². The zero-order valence-corrected chi connectivity index (χ0v) is 10.1. The molecule has 0 atom stereocenters. The minimum Gasteiger partial charge on any atom is -0.450 e. The maximum absolute atomic E-state index is 11.3. The van der Waals surface area contributed by atoms with Crippen molar-refractivity contribution in [2.75, 3.05) is 11.9 Å². The van der Waals surface area contributed by atoms with Crippen LogP contribution in [-0.2, 0) is 4.74 Å². The van der Waals surface area contributed by atoms with E-state index in [0.717, 1.165) is 11.3 Å². The Kier molecular flexibility index (Phi) is 3.52. The average molecular weight is 247 g/mol. The predicted molar refractivity (Wildman–Crippen MR) is 64.5 cm³/mol. The normalized spacial score (nSPS) is 10.1. The number of aryl methyl sites for hydroxylation is 1. The number of ether oxygens (including phenoxy) is 1. The van der Waals surface area contributed by atoms with Crippen molar-refractivity contribution in [3.8, 4) is 5.69 Å². The molecule has 0 aliphatic rings. The van der Waals surface area contributed by atoms with Crippen LogP contribution in [0.2, 0.25) is 0 Å². The lowest BCUT2D eigenvalue weighted by molar-refractivity contribution is 0.168. The fraction of sp³-hybridized carbons (Fsp3) is 0.273. The third-order valence-electron chi connectivity index (χ3n) is 2.33. The van der Waals surface area contributed by atoms with Gasteiger partial charge in [0.1, 0.15) is 6.33 Å². The number of nitrogens with one attached hydrogen (secondary N) is 1. The fourth-order valence-corrected chi connectivity index (χ4v) is 1.49. The molecule has 18 heavy (non-hydrogen) atoms. The van der Waals surface area contributed by atoms with Gasteiger partial charge in [-0.2, -0.15) is 0 Å². The van der Waals surface area contributed by atoms with E-state index in [1.54, 1.807) is 19.1 Å². The van der Waals surface area contributed by atoms with Crippen LogP contribution in [0.15, 0.2) is 24.5 Å². The van der Waals surface area contributed by atoms with Gasteiger partial charge in [-0.3, -0.25) is 5.32 Å². The third-order valence-corrected chi connectivity index (χ3v) is 2.33. The molecule has 0 saturated carbocycles. The first-order valence-electron chi connectivity index (χ1n) is 5.48. The van der Waals surface area contributed by atoms with Crippen molar-refractivity contribution < 1.29 is 9.53 Å². The highest BCUT2D eigenvalue weighted by atomic mass is 16.5. The predicted octanol–water partition coefficient (Wildman–Crippen LogP) is 1.54. The Morgan fingerprint density at radius 2 is 2.33 bits per heavy atom. The van der Waals surface area contributed by atoms with E-state index in [1.807, 2.05) is 13.0 Å². The monoisotopic (exact) mass is 247 g/mol. The fourth-order valence-electron chi connectivity index (χ4n) is 1.49. The topological polar surface area (TPSA) is 81.9 Å². The number of hydrogen-bond donors (Lipinski definition) is 1. The van der Waals surface area contributed by atoms with Gasteiger partial charge in [0.25, 0.3) is 0 Å². The lowest BCUT2D eigenvalue weighted by Crippen LogP contribution is -2.13. The van der Waals surface area contributed by atoms with Crippen LogP contribution in [0.3, 0.4) is 0 Å². The maximum atomic E-state index is 11.3. The van der Waals surface area contributed by atoms with Gasteiger partial charge in [0.05, 0.1) is 12.3 Å². The molecule has 94 valence electrons. The number of carbonyl (C=O) groups is 1. The zero-order chi connectivity index (χ0) is 13.0. The van der Waals surface area contributed by atoms with Gasteiger partial charge < -0.3 is 4.74 Å². The maximum Gasteiger partial charge on any atom is 0.411 e. The summed E-state index contributed by atoms with van der Waals surface area (Å²) in [6.45, 7) is 4.02. The molecule has 0 fully saturated rings. The minimum absolute atomic E-state index is 0.331. The molecule has 0 unspecified atom stereocenters. The van der Waals surface area contributed by atoms with Gasteiger partial charge in [0.15, 0.2) is 0 Å². The van der Waals surface area contributed by atoms with E-state index in [4.69, 9.17) is 4.74 Å². The van der Waals surface area contributed by atoms with Crippen molar-refractivity contribution in [3.05, 3.63) is 30.1 Å². The molecule has 0 saturated heterocycles. The first-order valence-corrected chi connectivity index (χ1v) is 5.48. The molecule has 7 heteroatoms. The van der Waals surface area contributed by atoms with Crippen LogP contribution in [0.1, 0.15) is 12.5 Å². The smallest absolute Gasteiger partial charge is 0.411 e. The molecule has 0 bridgehead atoms. The van der Waals surface area contributed by atoms with Crippen molar-refractivity contribution in [2.24, 2.45) is 0 Å². The highest BCUT2D eigenvalue weighted by molar-refractivity contribution is 5.85. The second-order valence-electron chi connectivity index (χ2n) is 3.60. The van der Waals surface area contributed by atoms with E-state index in [0.29, 0.717) is 12.3 Å². The molecule has 0 spiro atoms. The van der Waals surface area contributed by atoms with Gasteiger partial charge in [0, 0.05) is 5.69 Å². The highest BCUT2D eigenvalue weighted by Crippen LogP contribution is 2.18. The Bertz CT molecular complexity index is 538. The summed E-state index contributed by atoms with van der Waals surface area (Å²) in [5.74, 6) is 0. The number of rotatable bonds is 3. The summed E-state index contributed by atoms with van der Waals surface area (Å²) in [6, 6.07) is 5.45. The molecule has 0 aliphatic heterocycles. The van der Waals surface area contributed by atoms with Crippen LogP contribution in [0.4, 0.5) is 10.5 Å². The van der Waals surface area contributed by atoms with Crippen molar-refractivity contribution in [2.45, 2.75) is 13.8 Å². The van der Waals surface area contributed by atoms with Crippen molar-refractivity contribution in [1.29, 1.82) is 0 Å². The number of benzene rings is 1. The molecule has 1 amide bonds. The molecule has 1 aromatic heterocycles. The van der Waals surface area contributed by atoms with Crippen LogP contribution >= 0.6 is 0 Å². The van der Waals surface area contributed by atoms with Crippen molar-refractivity contribution >= 4 is 11.8 Å². The lowest BCUT2D eigenvalue weighted by atomic mass is 10.2. The van der Waals surface area contributed by atoms with E-state index < -0.39 is 6.09 Å². The second kappa shape index (κ2) is 5.26. The second-order valence-corrected chi connectivity index (χ2v) is 3.60. The number of amides is 1. The highest BCUT2D eigenvalue weighted by Gasteiger charge is 2.07. The van der Waals surface area contributed by atoms with Crippen molar-refractivity contribution in [1.82, 2.24) is 20.2 Å². The van der Waals surface area contributed by atoms with Gasteiger partial charge in [-0.1, -0.05) is 6.07 Å². The summed E-state index contributed by atoms with van der Waals surface area (Å²) in [7, 11) is 0. The molecule has 0 radical (unpaired) electrons. The summed E-state index contributed by atoms with van der Waals surface area (Å²) in [5.41, 5.74) is 2.43. The molecule has 1 aromatic carbocycles. The Morgan fingerprint density at radius 3 is 3.00 bits per heavy atom. The number of hydrogen-bond acceptors (Lipinski definition) is 5. The quantitative estimate of drug-likeness (QED) is 0.889. The van der Waals surface area contributed by atoms with Crippen LogP contribution in [0.5, 0.6) is 0 Å². The van der Waals surface area contributed by atoms with Crippen LogP contribution in [0, 0.1) is 6.92 Å². The minimum atomic E-state index is -0.482. The van der Waals surface area contributed by atoms with Gasteiger partial charge >= 0.3 is 6.09 Å². The number of nitrogens with zero attached hydrogens (tertiary/aromatic N) is 4. The first-order chi connectivity index (χ1) is 8.70. The first kappa shape index (κ1) is 12.0. The van der Waals surface area contributed by atoms with Crippen molar-refractivity contribution in [3.63, 3.8) is 0 Å². The summed E-state index contributed by atoms with van der Waals surface area (Å²) in [5, 5.41) is 13.6. The molecular weight excluding hydrogens is 234 g/mol. The lowest BCUT2D eigenvalue weighted by Gasteiger charge is -2.09. The molecule has 0 aliphatic carbocycles. The van der Waals surface area contributed by atoms with Gasteiger partial charge in [-0.05, 0) is 42.0 Å². The van der Waals surface area contributed by atoms with E-state index in [-0.39, 0.29) is 0 Å². The Morgan fingerprint density at radius 1 is 1.50 bits per heavy atom. The molecule has 7 nitrogen and oxygen atoms in total. The molecule has 1 heterocycles. The summed E-state index contributed by atoms with van der Waals surface area (Å²) in [6.07, 6.45) is 1.01.